The van der Waals surface area contributed by atoms with Crippen molar-refractivity contribution in [1.29, 1.82) is 5.26 Å². The van der Waals surface area contributed by atoms with E-state index >= 15 is 0 Å². The van der Waals surface area contributed by atoms with Crippen LogP contribution in [0.4, 0.5) is 3.89 Å². The summed E-state index contributed by atoms with van der Waals surface area (Å²) in [5.41, 5.74) is 0. The SMILES string of the molecule is N#CC1(S(=O)(=O)F)CCCCC1. The van der Waals surface area contributed by atoms with Gasteiger partial charge < -0.3 is 0 Å². The van der Waals surface area contributed by atoms with Gasteiger partial charge in [0.2, 0.25) is 0 Å². The number of nitriles is 1. The second kappa shape index (κ2) is 3.02. The number of hydrogen-bond acceptors (Lipinski definition) is 3. The predicted molar refractivity (Wildman–Crippen MR) is 41.5 cm³/mol. The Morgan fingerprint density at radius 3 is 2.00 bits per heavy atom. The molecule has 0 saturated heterocycles. The molecule has 1 fully saturated rings. The Hall–Kier alpha value is -0.630. The third-order valence-electron chi connectivity index (χ3n) is 2.33. The van der Waals surface area contributed by atoms with Crippen molar-refractivity contribution in [3.05, 3.63) is 0 Å². The van der Waals surface area contributed by atoms with Crippen molar-refractivity contribution in [2.75, 3.05) is 0 Å². The van der Waals surface area contributed by atoms with Crippen molar-refractivity contribution in [2.45, 2.75) is 36.9 Å². The fourth-order valence-electron chi connectivity index (χ4n) is 1.53. The molecular formula is C7H10FNO2S. The van der Waals surface area contributed by atoms with Gasteiger partial charge in [-0.2, -0.15) is 13.7 Å². The van der Waals surface area contributed by atoms with E-state index in [0.29, 0.717) is 12.8 Å². The Labute approximate surface area is 71.4 Å². The van der Waals surface area contributed by atoms with Gasteiger partial charge in [-0.3, -0.25) is 0 Å². The molecule has 3 nitrogen and oxygen atoms in total. The molecule has 0 atom stereocenters. The van der Waals surface area contributed by atoms with E-state index in [9.17, 15) is 12.3 Å². The molecule has 0 spiro atoms. The maximum Gasteiger partial charge on any atom is 0.321 e. The minimum Gasteiger partial charge on any atom is -0.196 e. The van der Waals surface area contributed by atoms with Crippen molar-refractivity contribution < 1.29 is 12.3 Å². The topological polar surface area (TPSA) is 57.9 Å². The second-order valence-corrected chi connectivity index (χ2v) is 4.76. The van der Waals surface area contributed by atoms with Crippen molar-refractivity contribution >= 4 is 10.2 Å². The molecule has 0 unspecified atom stereocenters. The van der Waals surface area contributed by atoms with Gasteiger partial charge in [0.05, 0.1) is 6.07 Å². The average Bonchev–Trinajstić information content (AvgIpc) is 2.04. The van der Waals surface area contributed by atoms with Crippen LogP contribution in [0.1, 0.15) is 32.1 Å². The molecule has 68 valence electrons. The summed E-state index contributed by atoms with van der Waals surface area (Å²) < 4.78 is 32.2. The van der Waals surface area contributed by atoms with E-state index in [1.165, 1.54) is 0 Å². The number of halogens is 1. The smallest absolute Gasteiger partial charge is 0.196 e. The standard InChI is InChI=1S/C7H10FNO2S/c8-12(10,11)7(6-9)4-2-1-3-5-7/h1-5H2. The highest BCUT2D eigenvalue weighted by molar-refractivity contribution is 7.88. The molecule has 5 heteroatoms. The van der Waals surface area contributed by atoms with Gasteiger partial charge in [0.25, 0.3) is 0 Å². The van der Waals surface area contributed by atoms with E-state index < -0.39 is 15.0 Å². The van der Waals surface area contributed by atoms with Crippen LogP contribution in [0.15, 0.2) is 0 Å². The zero-order valence-corrected chi connectivity index (χ0v) is 7.40. The highest BCUT2D eigenvalue weighted by Crippen LogP contribution is 2.35. The van der Waals surface area contributed by atoms with Gasteiger partial charge in [0.15, 0.2) is 4.75 Å². The second-order valence-electron chi connectivity index (χ2n) is 3.10. The van der Waals surface area contributed by atoms with Crippen LogP contribution in [0.5, 0.6) is 0 Å². The molecule has 0 aromatic rings. The number of nitrogens with zero attached hydrogens (tertiary/aromatic N) is 1. The first-order valence-corrected chi connectivity index (χ1v) is 5.26. The van der Waals surface area contributed by atoms with Gasteiger partial charge in [0.1, 0.15) is 0 Å². The lowest BCUT2D eigenvalue weighted by molar-refractivity contribution is 0.413. The monoisotopic (exact) mass is 191 g/mol. The van der Waals surface area contributed by atoms with Crippen molar-refractivity contribution in [3.63, 3.8) is 0 Å². The Kier molecular flexibility index (Phi) is 2.38. The summed E-state index contributed by atoms with van der Waals surface area (Å²) in [7, 11) is -4.70. The Morgan fingerprint density at radius 2 is 1.75 bits per heavy atom. The average molecular weight is 191 g/mol. The Bertz CT molecular complexity index is 298. The molecule has 0 N–H and O–H groups in total. The van der Waals surface area contributed by atoms with E-state index in [-0.39, 0.29) is 12.8 Å². The molecule has 1 aliphatic carbocycles. The van der Waals surface area contributed by atoms with Gasteiger partial charge in [0, 0.05) is 0 Å². The van der Waals surface area contributed by atoms with E-state index in [4.69, 9.17) is 5.26 Å². The zero-order chi connectivity index (χ0) is 9.24. The fourth-order valence-corrected chi connectivity index (χ4v) is 2.42. The van der Waals surface area contributed by atoms with E-state index in [1.54, 1.807) is 6.07 Å². The van der Waals surface area contributed by atoms with E-state index in [0.717, 1.165) is 6.42 Å². The lowest BCUT2D eigenvalue weighted by Crippen LogP contribution is -2.36. The minimum atomic E-state index is -4.70. The maximum absolute atomic E-state index is 12.7. The molecule has 1 saturated carbocycles. The van der Waals surface area contributed by atoms with Crippen LogP contribution in [0.3, 0.4) is 0 Å². The third kappa shape index (κ3) is 1.44. The summed E-state index contributed by atoms with van der Waals surface area (Å²) in [5.74, 6) is 0. The summed E-state index contributed by atoms with van der Waals surface area (Å²) >= 11 is 0. The lowest BCUT2D eigenvalue weighted by atomic mass is 9.89. The van der Waals surface area contributed by atoms with Crippen LogP contribution in [0, 0.1) is 11.3 Å². The largest absolute Gasteiger partial charge is 0.321 e. The lowest BCUT2D eigenvalue weighted by Gasteiger charge is -2.25. The first-order chi connectivity index (χ1) is 5.52. The van der Waals surface area contributed by atoms with Gasteiger partial charge in [-0.1, -0.05) is 19.3 Å². The molecule has 0 radical (unpaired) electrons. The highest BCUT2D eigenvalue weighted by atomic mass is 32.3. The van der Waals surface area contributed by atoms with Crippen molar-refractivity contribution in [1.82, 2.24) is 0 Å². The van der Waals surface area contributed by atoms with Crippen LogP contribution in [0.25, 0.3) is 0 Å². The molecule has 0 aromatic carbocycles. The van der Waals surface area contributed by atoms with E-state index in [1.807, 2.05) is 0 Å². The summed E-state index contributed by atoms with van der Waals surface area (Å²) in [4.78, 5) is 0. The third-order valence-corrected chi connectivity index (χ3v) is 3.76. The molecule has 0 heterocycles. The van der Waals surface area contributed by atoms with Gasteiger partial charge in [-0.25, -0.2) is 0 Å². The zero-order valence-electron chi connectivity index (χ0n) is 6.59. The van der Waals surface area contributed by atoms with E-state index in [2.05, 4.69) is 0 Å². The predicted octanol–water partition coefficient (Wildman–Crippen LogP) is 1.51. The van der Waals surface area contributed by atoms with Crippen molar-refractivity contribution in [3.8, 4) is 6.07 Å². The van der Waals surface area contributed by atoms with Gasteiger partial charge >= 0.3 is 10.2 Å². The minimum absolute atomic E-state index is 0.141. The van der Waals surface area contributed by atoms with Crippen molar-refractivity contribution in [2.24, 2.45) is 0 Å². The molecule has 0 bridgehead atoms. The molecule has 1 rings (SSSR count). The van der Waals surface area contributed by atoms with Crippen LogP contribution in [-0.4, -0.2) is 13.2 Å². The molecule has 12 heavy (non-hydrogen) atoms. The van der Waals surface area contributed by atoms with Crippen LogP contribution in [0.2, 0.25) is 0 Å². The fraction of sp³-hybridized carbons (Fsp3) is 0.857. The van der Waals surface area contributed by atoms with Crippen LogP contribution >= 0.6 is 0 Å². The Morgan fingerprint density at radius 1 is 1.25 bits per heavy atom. The van der Waals surface area contributed by atoms with Crippen LogP contribution < -0.4 is 0 Å². The van der Waals surface area contributed by atoms with Crippen LogP contribution in [-0.2, 0) is 10.2 Å². The summed E-state index contributed by atoms with van der Waals surface area (Å²) in [6.45, 7) is 0. The maximum atomic E-state index is 12.7. The summed E-state index contributed by atoms with van der Waals surface area (Å²) in [6.07, 6.45) is 2.41. The quantitative estimate of drug-likeness (QED) is 0.590. The number of hydrogen-bond donors (Lipinski definition) is 0. The molecular weight excluding hydrogens is 181 g/mol. The summed E-state index contributed by atoms with van der Waals surface area (Å²) in [5, 5.41) is 8.61. The summed E-state index contributed by atoms with van der Waals surface area (Å²) in [6, 6.07) is 1.59. The normalized spacial score (nSPS) is 23.0. The van der Waals surface area contributed by atoms with Gasteiger partial charge in [-0.15, -0.1) is 3.89 Å². The first-order valence-electron chi connectivity index (χ1n) is 3.87. The molecule has 0 amide bonds. The highest BCUT2D eigenvalue weighted by Gasteiger charge is 2.45. The van der Waals surface area contributed by atoms with Gasteiger partial charge in [-0.05, 0) is 12.8 Å². The molecule has 1 aliphatic rings. The number of rotatable bonds is 1. The Balaban J connectivity index is 2.99. The molecule has 0 aliphatic heterocycles. The first kappa shape index (κ1) is 9.46. The molecule has 0 aromatic heterocycles.